The van der Waals surface area contributed by atoms with Gasteiger partial charge in [-0.05, 0) is 43.9 Å². The van der Waals surface area contributed by atoms with E-state index in [0.717, 1.165) is 17.7 Å². The van der Waals surface area contributed by atoms with E-state index in [0.29, 0.717) is 47.3 Å². The molecule has 176 valence electrons. The number of hydrogen-bond donors (Lipinski definition) is 1. The third-order valence-corrected chi connectivity index (χ3v) is 9.06. The van der Waals surface area contributed by atoms with Crippen LogP contribution in [0.5, 0.6) is 0 Å². The van der Waals surface area contributed by atoms with Gasteiger partial charge in [-0.25, -0.2) is 8.42 Å². The van der Waals surface area contributed by atoms with Crippen molar-refractivity contribution < 1.29 is 17.7 Å². The second kappa shape index (κ2) is 9.74. The molecule has 8 nitrogen and oxygen atoms in total. The van der Waals surface area contributed by atoms with Crippen LogP contribution in [0.3, 0.4) is 0 Å². The molecule has 10 heteroatoms. The van der Waals surface area contributed by atoms with Crippen molar-refractivity contribution in [3.05, 3.63) is 46.7 Å². The summed E-state index contributed by atoms with van der Waals surface area (Å²) in [5.41, 5.74) is 1.84. The van der Waals surface area contributed by atoms with Crippen LogP contribution in [0.4, 0.5) is 5.69 Å². The Kier molecular flexibility index (Phi) is 6.96. The Morgan fingerprint density at radius 1 is 1.27 bits per heavy atom. The van der Waals surface area contributed by atoms with E-state index in [1.807, 2.05) is 38.1 Å². The van der Waals surface area contributed by atoms with Crippen molar-refractivity contribution in [1.29, 1.82) is 0 Å². The van der Waals surface area contributed by atoms with Crippen LogP contribution in [-0.2, 0) is 27.7 Å². The minimum atomic E-state index is -3.75. The van der Waals surface area contributed by atoms with Crippen molar-refractivity contribution in [3.63, 3.8) is 0 Å². The third kappa shape index (κ3) is 4.87. The molecule has 1 N–H and O–H groups in total. The molecule has 4 rings (SSSR count). The van der Waals surface area contributed by atoms with Gasteiger partial charge in [-0.2, -0.15) is 9.29 Å². The Hall–Kier alpha value is -2.56. The van der Waals surface area contributed by atoms with Crippen LogP contribution in [0.1, 0.15) is 43.0 Å². The molecule has 0 aliphatic carbocycles. The Labute approximate surface area is 198 Å². The number of benzene rings is 1. The zero-order chi connectivity index (χ0) is 23.6. The van der Waals surface area contributed by atoms with Gasteiger partial charge in [0.2, 0.25) is 27.6 Å². The largest absolute Gasteiger partial charge is 0.339 e. The number of hydrogen-bond acceptors (Lipinski definition) is 7. The normalized spacial score (nSPS) is 17.2. The lowest BCUT2D eigenvalue weighted by Crippen LogP contribution is -2.43. The van der Waals surface area contributed by atoms with Crippen molar-refractivity contribution in [2.24, 2.45) is 5.92 Å². The molecule has 1 unspecified atom stereocenters. The predicted octanol–water partition coefficient (Wildman–Crippen LogP) is 4.27. The van der Waals surface area contributed by atoms with Crippen LogP contribution in [0.15, 0.2) is 39.8 Å². The molecule has 0 radical (unpaired) electrons. The number of para-hydroxylation sites is 1. The van der Waals surface area contributed by atoms with E-state index in [1.165, 1.54) is 15.6 Å². The number of aryl methyl sites for hydroxylation is 3. The lowest BCUT2D eigenvalue weighted by atomic mass is 9.98. The highest BCUT2D eigenvalue weighted by molar-refractivity contribution is 7.89. The fraction of sp³-hybridized carbons (Fsp3) is 0.435. The number of nitrogens with zero attached hydrogens (tertiary/aromatic N) is 3. The Morgan fingerprint density at radius 2 is 2.06 bits per heavy atom. The highest BCUT2D eigenvalue weighted by atomic mass is 32.2. The molecule has 1 atom stereocenters. The van der Waals surface area contributed by atoms with Crippen molar-refractivity contribution in [2.75, 3.05) is 18.4 Å². The number of sulfonamides is 1. The van der Waals surface area contributed by atoms with Crippen molar-refractivity contribution in [3.8, 4) is 10.7 Å². The molecule has 1 aromatic carbocycles. The van der Waals surface area contributed by atoms with Gasteiger partial charge in [-0.1, -0.05) is 37.2 Å². The highest BCUT2D eigenvalue weighted by Gasteiger charge is 2.35. The standard InChI is InChI=1S/C23H28N4O4S2/c1-4-16-9-6-7-11-18(16)24-23(28)17-10-8-12-27(14-17)33(29,30)20-13-19(32-15(20)3)22-25-21(5-2)31-26-22/h6-7,9,11,13,17H,4-5,8,10,12,14H2,1-3H3,(H,24,28). The molecule has 1 amide bonds. The summed E-state index contributed by atoms with van der Waals surface area (Å²) in [6.07, 6.45) is 2.71. The second-order valence-corrected chi connectivity index (χ2v) is 11.3. The quantitative estimate of drug-likeness (QED) is 0.532. The SMILES string of the molecule is CCc1nc(-c2cc(S(=O)(=O)N3CCCC(C(=O)Nc4ccccc4CC)C3)c(C)s2)no1. The van der Waals surface area contributed by atoms with Gasteiger partial charge in [0.1, 0.15) is 0 Å². The molecule has 2 aromatic heterocycles. The summed E-state index contributed by atoms with van der Waals surface area (Å²) in [5, 5.41) is 6.96. The summed E-state index contributed by atoms with van der Waals surface area (Å²) < 4.78 is 33.6. The average Bonchev–Trinajstić information content (AvgIpc) is 3.46. The molecule has 3 heterocycles. The van der Waals surface area contributed by atoms with Gasteiger partial charge >= 0.3 is 0 Å². The third-order valence-electron chi connectivity index (χ3n) is 5.89. The van der Waals surface area contributed by atoms with Crippen molar-refractivity contribution in [1.82, 2.24) is 14.4 Å². The lowest BCUT2D eigenvalue weighted by molar-refractivity contribution is -0.120. The fourth-order valence-corrected chi connectivity index (χ4v) is 7.04. The van der Waals surface area contributed by atoms with E-state index in [-0.39, 0.29) is 17.3 Å². The number of rotatable bonds is 7. The number of nitrogens with one attached hydrogen (secondary N) is 1. The van der Waals surface area contributed by atoms with Crippen LogP contribution in [0.25, 0.3) is 10.7 Å². The smallest absolute Gasteiger partial charge is 0.244 e. The molecule has 0 saturated carbocycles. The van der Waals surface area contributed by atoms with Crippen LogP contribution >= 0.6 is 11.3 Å². The Morgan fingerprint density at radius 3 is 2.79 bits per heavy atom. The van der Waals surface area contributed by atoms with E-state index in [9.17, 15) is 13.2 Å². The number of carbonyl (C=O) groups excluding carboxylic acids is 1. The van der Waals surface area contributed by atoms with E-state index >= 15 is 0 Å². The second-order valence-electron chi connectivity index (χ2n) is 8.10. The lowest BCUT2D eigenvalue weighted by Gasteiger charge is -2.31. The zero-order valence-corrected chi connectivity index (χ0v) is 20.6. The molecule has 3 aromatic rings. The Balaban J connectivity index is 1.52. The van der Waals surface area contributed by atoms with E-state index in [4.69, 9.17) is 4.52 Å². The summed E-state index contributed by atoms with van der Waals surface area (Å²) >= 11 is 1.32. The minimum absolute atomic E-state index is 0.141. The first-order chi connectivity index (χ1) is 15.8. The number of amides is 1. The maximum absolute atomic E-state index is 13.5. The van der Waals surface area contributed by atoms with Crippen molar-refractivity contribution in [2.45, 2.75) is 51.3 Å². The number of carbonyl (C=O) groups is 1. The van der Waals surface area contributed by atoms with Gasteiger partial charge in [-0.3, -0.25) is 4.79 Å². The number of anilines is 1. The minimum Gasteiger partial charge on any atom is -0.339 e. The average molecular weight is 489 g/mol. The summed E-state index contributed by atoms with van der Waals surface area (Å²) in [6, 6.07) is 9.30. The van der Waals surface area contributed by atoms with Gasteiger partial charge < -0.3 is 9.84 Å². The molecule has 33 heavy (non-hydrogen) atoms. The van der Waals surface area contributed by atoms with Gasteiger partial charge in [0.25, 0.3) is 0 Å². The monoisotopic (exact) mass is 488 g/mol. The summed E-state index contributed by atoms with van der Waals surface area (Å²) in [7, 11) is -3.75. The maximum atomic E-state index is 13.5. The van der Waals surface area contributed by atoms with Gasteiger partial charge in [0, 0.05) is 30.1 Å². The van der Waals surface area contributed by atoms with Crippen molar-refractivity contribution >= 4 is 33.0 Å². The first-order valence-corrected chi connectivity index (χ1v) is 13.4. The molecule has 0 bridgehead atoms. The van der Waals surface area contributed by atoms with Crippen LogP contribution in [0, 0.1) is 12.8 Å². The van der Waals surface area contributed by atoms with Gasteiger partial charge in [0.15, 0.2) is 0 Å². The van der Waals surface area contributed by atoms with Gasteiger partial charge in [-0.15, -0.1) is 11.3 Å². The van der Waals surface area contributed by atoms with E-state index in [2.05, 4.69) is 15.5 Å². The van der Waals surface area contributed by atoms with Crippen LogP contribution in [0.2, 0.25) is 0 Å². The summed E-state index contributed by atoms with van der Waals surface area (Å²) in [6.45, 7) is 6.28. The molecule has 1 saturated heterocycles. The van der Waals surface area contributed by atoms with Gasteiger partial charge in [0.05, 0.1) is 15.7 Å². The zero-order valence-electron chi connectivity index (χ0n) is 19.0. The molecule has 0 spiro atoms. The molecule has 1 fully saturated rings. The molecular weight excluding hydrogens is 460 g/mol. The van der Waals surface area contributed by atoms with Crippen LogP contribution in [-0.4, -0.2) is 41.9 Å². The first-order valence-electron chi connectivity index (χ1n) is 11.2. The summed E-state index contributed by atoms with van der Waals surface area (Å²) in [5.74, 6) is 0.362. The predicted molar refractivity (Wildman–Crippen MR) is 128 cm³/mol. The van der Waals surface area contributed by atoms with E-state index in [1.54, 1.807) is 13.0 Å². The maximum Gasteiger partial charge on any atom is 0.244 e. The van der Waals surface area contributed by atoms with E-state index < -0.39 is 15.9 Å². The number of thiophene rings is 1. The Bertz CT molecular complexity index is 1250. The first kappa shape index (κ1) is 23.6. The summed E-state index contributed by atoms with van der Waals surface area (Å²) in [4.78, 5) is 18.8. The number of aromatic nitrogens is 2. The topological polar surface area (TPSA) is 105 Å². The molecule has 1 aliphatic rings. The molecular formula is C23H28N4O4S2. The fourth-order valence-electron chi connectivity index (χ4n) is 4.03. The number of piperidine rings is 1. The van der Waals surface area contributed by atoms with Crippen LogP contribution < -0.4 is 5.32 Å². The molecule has 1 aliphatic heterocycles. The highest BCUT2D eigenvalue weighted by Crippen LogP contribution is 2.35.